The first-order chi connectivity index (χ1) is 3.72. The van der Waals surface area contributed by atoms with Crippen molar-refractivity contribution >= 4 is 6.29 Å². The van der Waals surface area contributed by atoms with Crippen LogP contribution in [0.15, 0.2) is 0 Å². The zero-order chi connectivity index (χ0) is 6.57. The topological polar surface area (TPSA) is 89.3 Å². The summed E-state index contributed by atoms with van der Waals surface area (Å²) < 4.78 is 0. The molecule has 0 aromatic heterocycles. The second-order valence-electron chi connectivity index (χ2n) is 1.53. The van der Waals surface area contributed by atoms with Crippen LogP contribution in [0, 0.1) is 0 Å². The molecular formula is C4H10N2O2. The number of carbonyl (C=O) groups is 1. The highest BCUT2D eigenvalue weighted by molar-refractivity contribution is 5.56. The lowest BCUT2D eigenvalue weighted by atomic mass is 10.2. The SMILES string of the molecule is NCC(N)C(O)C=O. The van der Waals surface area contributed by atoms with E-state index in [1.54, 1.807) is 0 Å². The molecule has 0 aliphatic rings. The Hall–Kier alpha value is -0.450. The molecule has 2 atom stereocenters. The minimum atomic E-state index is -1.11. The van der Waals surface area contributed by atoms with Gasteiger partial charge in [-0.1, -0.05) is 0 Å². The molecule has 0 saturated carbocycles. The molecule has 0 heterocycles. The van der Waals surface area contributed by atoms with Gasteiger partial charge >= 0.3 is 0 Å². The summed E-state index contributed by atoms with van der Waals surface area (Å²) in [6.45, 7) is 0.125. The highest BCUT2D eigenvalue weighted by atomic mass is 16.3. The molecule has 4 nitrogen and oxygen atoms in total. The summed E-state index contributed by atoms with van der Waals surface area (Å²) in [6.07, 6.45) is -0.739. The number of rotatable bonds is 3. The maximum absolute atomic E-state index is 9.72. The van der Waals surface area contributed by atoms with Gasteiger partial charge in [0.25, 0.3) is 0 Å². The molecule has 4 heteroatoms. The van der Waals surface area contributed by atoms with Crippen molar-refractivity contribution < 1.29 is 9.90 Å². The van der Waals surface area contributed by atoms with Crippen molar-refractivity contribution in [3.63, 3.8) is 0 Å². The Labute approximate surface area is 47.5 Å². The minimum absolute atomic E-state index is 0.125. The molecule has 0 amide bonds. The third-order valence-electron chi connectivity index (χ3n) is 0.850. The third kappa shape index (κ3) is 2.02. The van der Waals surface area contributed by atoms with Crippen LogP contribution < -0.4 is 11.5 Å². The van der Waals surface area contributed by atoms with E-state index in [9.17, 15) is 4.79 Å². The molecule has 0 aromatic rings. The van der Waals surface area contributed by atoms with Gasteiger partial charge in [-0.2, -0.15) is 0 Å². The number of carbonyl (C=O) groups excluding carboxylic acids is 1. The van der Waals surface area contributed by atoms with Crippen LogP contribution in [0.3, 0.4) is 0 Å². The maximum Gasteiger partial charge on any atom is 0.150 e. The lowest BCUT2D eigenvalue weighted by Gasteiger charge is -2.08. The molecule has 0 saturated heterocycles. The standard InChI is InChI=1S/C4H10N2O2/c5-1-3(6)4(8)2-7/h2-4,8H,1,5-6H2. The van der Waals surface area contributed by atoms with Crippen molar-refractivity contribution in [1.29, 1.82) is 0 Å². The van der Waals surface area contributed by atoms with Gasteiger partial charge in [0.2, 0.25) is 0 Å². The molecule has 0 aliphatic carbocycles. The van der Waals surface area contributed by atoms with Gasteiger partial charge in [0.05, 0.1) is 0 Å². The molecule has 48 valence electrons. The summed E-state index contributed by atoms with van der Waals surface area (Å²) in [6, 6.07) is -0.618. The van der Waals surface area contributed by atoms with Gasteiger partial charge in [0.15, 0.2) is 0 Å². The zero-order valence-electron chi connectivity index (χ0n) is 4.45. The lowest BCUT2D eigenvalue weighted by Crippen LogP contribution is -2.41. The Kier molecular flexibility index (Phi) is 3.34. The van der Waals surface area contributed by atoms with Crippen LogP contribution in [-0.2, 0) is 4.79 Å². The first-order valence-electron chi connectivity index (χ1n) is 2.31. The van der Waals surface area contributed by atoms with Crippen LogP contribution in [0.4, 0.5) is 0 Å². The second kappa shape index (κ2) is 3.54. The number of hydrogen-bond acceptors (Lipinski definition) is 4. The third-order valence-corrected chi connectivity index (χ3v) is 0.850. The number of aliphatic hydroxyl groups is 1. The summed E-state index contributed by atoms with van der Waals surface area (Å²) in [4.78, 5) is 9.72. The molecule has 0 rings (SSSR count). The van der Waals surface area contributed by atoms with Crippen LogP contribution in [0.5, 0.6) is 0 Å². The van der Waals surface area contributed by atoms with Crippen LogP contribution in [0.2, 0.25) is 0 Å². The van der Waals surface area contributed by atoms with Crippen molar-refractivity contribution in [2.75, 3.05) is 6.54 Å². The van der Waals surface area contributed by atoms with Gasteiger partial charge in [0, 0.05) is 12.6 Å². The molecule has 0 bridgehead atoms. The van der Waals surface area contributed by atoms with Crippen molar-refractivity contribution in [3.8, 4) is 0 Å². The van der Waals surface area contributed by atoms with Crippen LogP contribution in [0.1, 0.15) is 0 Å². The fourth-order valence-corrected chi connectivity index (χ4v) is 0.240. The Morgan fingerprint density at radius 3 is 2.38 bits per heavy atom. The molecule has 0 aromatic carbocycles. The average Bonchev–Trinajstić information content (AvgIpc) is 1.84. The van der Waals surface area contributed by atoms with E-state index in [4.69, 9.17) is 16.6 Å². The highest BCUT2D eigenvalue weighted by Crippen LogP contribution is 1.80. The van der Waals surface area contributed by atoms with Crippen molar-refractivity contribution in [1.82, 2.24) is 0 Å². The zero-order valence-corrected chi connectivity index (χ0v) is 4.45. The van der Waals surface area contributed by atoms with E-state index in [1.807, 2.05) is 0 Å². The lowest BCUT2D eigenvalue weighted by molar-refractivity contribution is -0.115. The normalized spacial score (nSPS) is 17.4. The molecule has 5 N–H and O–H groups in total. The second-order valence-corrected chi connectivity index (χ2v) is 1.53. The molecular weight excluding hydrogens is 108 g/mol. The van der Waals surface area contributed by atoms with Crippen LogP contribution in [-0.4, -0.2) is 30.1 Å². The predicted octanol–water partition coefficient (Wildman–Crippen LogP) is -2.17. The van der Waals surface area contributed by atoms with E-state index in [0.717, 1.165) is 0 Å². The monoisotopic (exact) mass is 118 g/mol. The van der Waals surface area contributed by atoms with E-state index in [-0.39, 0.29) is 6.54 Å². The Morgan fingerprint density at radius 1 is 1.75 bits per heavy atom. The fourth-order valence-electron chi connectivity index (χ4n) is 0.240. The van der Waals surface area contributed by atoms with E-state index in [2.05, 4.69) is 0 Å². The Bertz CT molecular complexity index is 76.4. The van der Waals surface area contributed by atoms with E-state index < -0.39 is 12.1 Å². The van der Waals surface area contributed by atoms with Crippen LogP contribution >= 0.6 is 0 Å². The van der Waals surface area contributed by atoms with E-state index in [1.165, 1.54) is 0 Å². The minimum Gasteiger partial charge on any atom is -0.384 e. The number of nitrogens with two attached hydrogens (primary N) is 2. The summed E-state index contributed by atoms with van der Waals surface area (Å²) in [5.41, 5.74) is 10.1. The number of aliphatic hydroxyl groups excluding tert-OH is 1. The summed E-state index contributed by atoms with van der Waals surface area (Å²) in [7, 11) is 0. The molecule has 0 fully saturated rings. The summed E-state index contributed by atoms with van der Waals surface area (Å²) in [5, 5.41) is 8.55. The maximum atomic E-state index is 9.72. The predicted molar refractivity (Wildman–Crippen MR) is 29.1 cm³/mol. The first kappa shape index (κ1) is 7.55. The molecule has 0 radical (unpaired) electrons. The molecule has 0 spiro atoms. The molecule has 8 heavy (non-hydrogen) atoms. The quantitative estimate of drug-likeness (QED) is 0.368. The number of aldehydes is 1. The Morgan fingerprint density at radius 2 is 2.25 bits per heavy atom. The number of hydrogen-bond donors (Lipinski definition) is 3. The van der Waals surface area contributed by atoms with Gasteiger partial charge in [-0.25, -0.2) is 0 Å². The average molecular weight is 118 g/mol. The largest absolute Gasteiger partial charge is 0.384 e. The van der Waals surface area contributed by atoms with Gasteiger partial charge in [-0.05, 0) is 0 Å². The summed E-state index contributed by atoms with van der Waals surface area (Å²) >= 11 is 0. The molecule has 2 unspecified atom stereocenters. The smallest absolute Gasteiger partial charge is 0.150 e. The Balaban J connectivity index is 3.44. The van der Waals surface area contributed by atoms with Gasteiger partial charge in [-0.3, -0.25) is 0 Å². The van der Waals surface area contributed by atoms with Gasteiger partial charge in [-0.15, -0.1) is 0 Å². The van der Waals surface area contributed by atoms with Gasteiger partial charge < -0.3 is 21.4 Å². The van der Waals surface area contributed by atoms with Gasteiger partial charge in [0.1, 0.15) is 12.4 Å². The fraction of sp³-hybridized carbons (Fsp3) is 0.750. The summed E-state index contributed by atoms with van der Waals surface area (Å²) in [5.74, 6) is 0. The van der Waals surface area contributed by atoms with E-state index >= 15 is 0 Å². The highest BCUT2D eigenvalue weighted by Gasteiger charge is 2.09. The molecule has 0 aliphatic heterocycles. The van der Waals surface area contributed by atoms with Crippen LogP contribution in [0.25, 0.3) is 0 Å². The van der Waals surface area contributed by atoms with Crippen molar-refractivity contribution in [2.24, 2.45) is 11.5 Å². The van der Waals surface area contributed by atoms with E-state index in [0.29, 0.717) is 6.29 Å². The first-order valence-corrected chi connectivity index (χ1v) is 2.31. The van der Waals surface area contributed by atoms with Crippen molar-refractivity contribution in [3.05, 3.63) is 0 Å². The van der Waals surface area contributed by atoms with Crippen molar-refractivity contribution in [2.45, 2.75) is 12.1 Å².